The zero-order chi connectivity index (χ0) is 20.2. The second-order valence-electron chi connectivity index (χ2n) is 6.54. The van der Waals surface area contributed by atoms with Crippen molar-refractivity contribution < 1.29 is 9.59 Å². The minimum atomic E-state index is -0.189. The van der Waals surface area contributed by atoms with Crippen LogP contribution in [0.2, 0.25) is 0 Å². The van der Waals surface area contributed by atoms with Gasteiger partial charge in [-0.05, 0) is 49.4 Å². The number of hydrogen-bond acceptors (Lipinski definition) is 5. The fourth-order valence-corrected chi connectivity index (χ4v) is 2.98. The number of nitrogens with zero attached hydrogens (tertiary/aromatic N) is 2. The first-order chi connectivity index (χ1) is 14.1. The van der Waals surface area contributed by atoms with Crippen LogP contribution in [0, 0.1) is 0 Å². The van der Waals surface area contributed by atoms with Gasteiger partial charge in [0.2, 0.25) is 0 Å². The largest absolute Gasteiger partial charge is 0.340 e. The average molecular weight is 382 g/mol. The Morgan fingerprint density at radius 2 is 1.59 bits per heavy atom. The Labute approximate surface area is 167 Å². The number of ketones is 1. The van der Waals surface area contributed by atoms with Gasteiger partial charge in [-0.15, -0.1) is 0 Å². The third-order valence-electron chi connectivity index (χ3n) is 4.46. The van der Waals surface area contributed by atoms with Gasteiger partial charge >= 0.3 is 0 Å². The molecule has 0 atom stereocenters. The molecule has 1 aromatic heterocycles. The summed E-state index contributed by atoms with van der Waals surface area (Å²) >= 11 is 0. The SMILES string of the molecule is CC(=O)c1cccc(Nc2ncnc3ccc(NC(=O)c4ccccc4)cc23)c1. The lowest BCUT2D eigenvalue weighted by Crippen LogP contribution is -2.11. The van der Waals surface area contributed by atoms with Gasteiger partial charge in [-0.3, -0.25) is 9.59 Å². The van der Waals surface area contributed by atoms with E-state index in [1.807, 2.05) is 42.5 Å². The van der Waals surface area contributed by atoms with Crippen LogP contribution >= 0.6 is 0 Å². The number of amides is 1. The molecule has 4 rings (SSSR count). The summed E-state index contributed by atoms with van der Waals surface area (Å²) in [6.45, 7) is 1.53. The molecule has 6 nitrogen and oxygen atoms in total. The molecule has 0 aliphatic rings. The Morgan fingerprint density at radius 1 is 0.793 bits per heavy atom. The van der Waals surface area contributed by atoms with E-state index in [1.165, 1.54) is 13.3 Å². The fraction of sp³-hybridized carbons (Fsp3) is 0.0435. The first-order valence-corrected chi connectivity index (χ1v) is 9.09. The van der Waals surface area contributed by atoms with Crippen molar-refractivity contribution in [1.29, 1.82) is 0 Å². The van der Waals surface area contributed by atoms with Gasteiger partial charge in [0.05, 0.1) is 5.52 Å². The number of aromatic nitrogens is 2. The van der Waals surface area contributed by atoms with Crippen LogP contribution in [-0.4, -0.2) is 21.7 Å². The number of nitrogens with one attached hydrogen (secondary N) is 2. The van der Waals surface area contributed by atoms with Gasteiger partial charge in [-0.2, -0.15) is 0 Å². The van der Waals surface area contributed by atoms with Gasteiger partial charge in [-0.25, -0.2) is 9.97 Å². The van der Waals surface area contributed by atoms with Gasteiger partial charge in [0.1, 0.15) is 12.1 Å². The summed E-state index contributed by atoms with van der Waals surface area (Å²) in [5.74, 6) is 0.393. The quantitative estimate of drug-likeness (QED) is 0.483. The summed E-state index contributed by atoms with van der Waals surface area (Å²) in [7, 11) is 0. The van der Waals surface area contributed by atoms with E-state index in [2.05, 4.69) is 20.6 Å². The van der Waals surface area contributed by atoms with Crippen LogP contribution in [0.4, 0.5) is 17.2 Å². The van der Waals surface area contributed by atoms with Gasteiger partial charge in [0, 0.05) is 27.9 Å². The molecule has 0 spiro atoms. The van der Waals surface area contributed by atoms with Crippen LogP contribution < -0.4 is 10.6 Å². The van der Waals surface area contributed by atoms with Crippen LogP contribution in [0.15, 0.2) is 79.1 Å². The maximum absolute atomic E-state index is 12.4. The highest BCUT2D eigenvalue weighted by atomic mass is 16.1. The van der Waals surface area contributed by atoms with E-state index in [0.29, 0.717) is 22.6 Å². The van der Waals surface area contributed by atoms with Crippen LogP contribution in [0.5, 0.6) is 0 Å². The van der Waals surface area contributed by atoms with Crippen molar-refractivity contribution in [3.05, 3.63) is 90.3 Å². The summed E-state index contributed by atoms with van der Waals surface area (Å²) in [5.41, 5.74) is 3.32. The Bertz CT molecular complexity index is 1210. The van der Waals surface area contributed by atoms with Crippen molar-refractivity contribution in [3.8, 4) is 0 Å². The normalized spacial score (nSPS) is 10.5. The zero-order valence-corrected chi connectivity index (χ0v) is 15.7. The van der Waals surface area contributed by atoms with Crippen molar-refractivity contribution in [3.63, 3.8) is 0 Å². The Morgan fingerprint density at radius 3 is 2.38 bits per heavy atom. The molecule has 6 heteroatoms. The average Bonchev–Trinajstić information content (AvgIpc) is 2.75. The minimum Gasteiger partial charge on any atom is -0.340 e. The highest BCUT2D eigenvalue weighted by Crippen LogP contribution is 2.26. The molecule has 0 fully saturated rings. The number of carbonyl (C=O) groups excluding carboxylic acids is 2. The molecule has 0 unspecified atom stereocenters. The molecule has 1 heterocycles. The molecule has 0 bridgehead atoms. The Hall–Kier alpha value is -4.06. The smallest absolute Gasteiger partial charge is 0.255 e. The number of anilines is 3. The van der Waals surface area contributed by atoms with Crippen LogP contribution in [0.1, 0.15) is 27.6 Å². The van der Waals surface area contributed by atoms with Crippen molar-refractivity contribution in [2.45, 2.75) is 6.92 Å². The van der Waals surface area contributed by atoms with Crippen LogP contribution in [0.3, 0.4) is 0 Å². The highest BCUT2D eigenvalue weighted by Gasteiger charge is 2.09. The summed E-state index contributed by atoms with van der Waals surface area (Å²) in [5, 5.41) is 6.89. The van der Waals surface area contributed by atoms with Crippen molar-refractivity contribution in [2.24, 2.45) is 0 Å². The van der Waals surface area contributed by atoms with E-state index < -0.39 is 0 Å². The molecule has 4 aromatic rings. The monoisotopic (exact) mass is 382 g/mol. The summed E-state index contributed by atoms with van der Waals surface area (Å²) in [6, 6.07) is 21.7. The summed E-state index contributed by atoms with van der Waals surface area (Å²) < 4.78 is 0. The van der Waals surface area contributed by atoms with E-state index >= 15 is 0 Å². The number of benzene rings is 3. The van der Waals surface area contributed by atoms with E-state index in [-0.39, 0.29) is 11.7 Å². The van der Waals surface area contributed by atoms with Gasteiger partial charge in [0.15, 0.2) is 5.78 Å². The molecule has 0 saturated carbocycles. The van der Waals surface area contributed by atoms with E-state index in [0.717, 1.165) is 16.6 Å². The van der Waals surface area contributed by atoms with E-state index in [9.17, 15) is 9.59 Å². The fourth-order valence-electron chi connectivity index (χ4n) is 2.98. The van der Waals surface area contributed by atoms with Crippen LogP contribution in [0.25, 0.3) is 10.9 Å². The summed E-state index contributed by atoms with van der Waals surface area (Å²) in [6.07, 6.45) is 1.47. The predicted octanol–water partition coefficient (Wildman–Crippen LogP) is 4.83. The molecule has 29 heavy (non-hydrogen) atoms. The third-order valence-corrected chi connectivity index (χ3v) is 4.46. The van der Waals surface area contributed by atoms with Gasteiger partial charge in [0.25, 0.3) is 5.91 Å². The Kier molecular flexibility index (Phi) is 4.99. The zero-order valence-electron chi connectivity index (χ0n) is 15.7. The number of hydrogen-bond donors (Lipinski definition) is 2. The summed E-state index contributed by atoms with van der Waals surface area (Å²) in [4.78, 5) is 32.7. The molecule has 2 N–H and O–H groups in total. The first kappa shape index (κ1) is 18.3. The number of rotatable bonds is 5. The minimum absolute atomic E-state index is 0.00731. The predicted molar refractivity (Wildman–Crippen MR) is 114 cm³/mol. The molecule has 0 saturated heterocycles. The molecule has 0 radical (unpaired) electrons. The number of Topliss-reactive ketones (excluding diaryl/α,β-unsaturated/α-hetero) is 1. The maximum atomic E-state index is 12.4. The molecule has 0 aliphatic heterocycles. The molecule has 142 valence electrons. The van der Waals surface area contributed by atoms with Crippen molar-refractivity contribution >= 4 is 39.8 Å². The van der Waals surface area contributed by atoms with Gasteiger partial charge < -0.3 is 10.6 Å². The highest BCUT2D eigenvalue weighted by molar-refractivity contribution is 6.05. The van der Waals surface area contributed by atoms with Gasteiger partial charge in [-0.1, -0.05) is 30.3 Å². The lowest BCUT2D eigenvalue weighted by Gasteiger charge is -2.11. The molecular formula is C23H18N4O2. The van der Waals surface area contributed by atoms with Crippen LogP contribution in [-0.2, 0) is 0 Å². The molecule has 1 amide bonds. The molecule has 3 aromatic carbocycles. The number of fused-ring (bicyclic) bond motifs is 1. The van der Waals surface area contributed by atoms with E-state index in [4.69, 9.17) is 0 Å². The first-order valence-electron chi connectivity index (χ1n) is 9.09. The van der Waals surface area contributed by atoms with Crippen molar-refractivity contribution in [1.82, 2.24) is 9.97 Å². The van der Waals surface area contributed by atoms with E-state index in [1.54, 1.807) is 30.3 Å². The molecule has 0 aliphatic carbocycles. The standard InChI is InChI=1S/C23H18N4O2/c1-15(28)17-8-5-9-18(12-17)26-22-20-13-19(10-11-21(20)24-14-25-22)27-23(29)16-6-3-2-4-7-16/h2-14H,1H3,(H,27,29)(H,24,25,26). The lowest BCUT2D eigenvalue weighted by atomic mass is 10.1. The lowest BCUT2D eigenvalue weighted by molar-refractivity contribution is 0.101. The number of carbonyl (C=O) groups is 2. The Balaban J connectivity index is 1.65. The molecular weight excluding hydrogens is 364 g/mol. The second-order valence-corrected chi connectivity index (χ2v) is 6.54. The maximum Gasteiger partial charge on any atom is 0.255 e. The third kappa shape index (κ3) is 4.11. The topological polar surface area (TPSA) is 84.0 Å². The van der Waals surface area contributed by atoms with Crippen molar-refractivity contribution in [2.75, 3.05) is 10.6 Å². The second kappa shape index (κ2) is 7.90.